The van der Waals surface area contributed by atoms with E-state index in [2.05, 4.69) is 4.74 Å². The highest BCUT2D eigenvalue weighted by Crippen LogP contribution is 2.17. The van der Waals surface area contributed by atoms with Gasteiger partial charge in [-0.25, -0.2) is 4.79 Å². The molecule has 1 saturated heterocycles. The zero-order valence-corrected chi connectivity index (χ0v) is 8.56. The number of ether oxygens (including phenoxy) is 1. The molecule has 84 valence electrons. The fourth-order valence-electron chi connectivity index (χ4n) is 1.62. The van der Waals surface area contributed by atoms with E-state index in [0.29, 0.717) is 19.4 Å². The Hall–Kier alpha value is -1.59. The van der Waals surface area contributed by atoms with Gasteiger partial charge in [0.25, 0.3) is 0 Å². The molecule has 6 heteroatoms. The fourth-order valence-corrected chi connectivity index (χ4v) is 1.62. The summed E-state index contributed by atoms with van der Waals surface area (Å²) in [4.78, 5) is 34.8. The number of primary amides is 1. The van der Waals surface area contributed by atoms with E-state index in [4.69, 9.17) is 5.73 Å². The topological polar surface area (TPSA) is 89.7 Å². The summed E-state index contributed by atoms with van der Waals surface area (Å²) in [5.74, 6) is -2.28. The minimum atomic E-state index is -0.925. The highest BCUT2D eigenvalue weighted by molar-refractivity contribution is 6.32. The van der Waals surface area contributed by atoms with Crippen molar-refractivity contribution in [2.45, 2.75) is 25.8 Å². The molecular weight excluding hydrogens is 200 g/mol. The normalized spacial score (nSPS) is 20.1. The molecule has 0 aromatic heterocycles. The molecule has 0 aromatic rings. The number of carbonyl (C=O) groups is 3. The third kappa shape index (κ3) is 2.45. The van der Waals surface area contributed by atoms with Crippen molar-refractivity contribution in [2.24, 2.45) is 5.73 Å². The number of hydrogen-bond acceptors (Lipinski definition) is 4. The summed E-state index contributed by atoms with van der Waals surface area (Å²) in [5.41, 5.74) is 5.12. The van der Waals surface area contributed by atoms with Crippen LogP contribution < -0.4 is 5.73 Å². The number of esters is 1. The lowest BCUT2D eigenvalue weighted by atomic mass is 10.2. The third-order valence-electron chi connectivity index (χ3n) is 2.29. The first kappa shape index (κ1) is 11.5. The highest BCUT2D eigenvalue weighted by Gasteiger charge is 2.36. The smallest absolute Gasteiger partial charge is 0.397 e. The molecule has 0 aliphatic carbocycles. The zero-order valence-electron chi connectivity index (χ0n) is 8.56. The van der Waals surface area contributed by atoms with Crippen LogP contribution in [-0.4, -0.2) is 41.9 Å². The Morgan fingerprint density at radius 3 is 2.67 bits per heavy atom. The van der Waals surface area contributed by atoms with Crippen LogP contribution in [0.1, 0.15) is 19.8 Å². The predicted molar refractivity (Wildman–Crippen MR) is 50.6 cm³/mol. The van der Waals surface area contributed by atoms with Crippen molar-refractivity contribution < 1.29 is 19.1 Å². The first-order valence-corrected chi connectivity index (χ1v) is 4.85. The van der Waals surface area contributed by atoms with Gasteiger partial charge in [0.2, 0.25) is 5.91 Å². The van der Waals surface area contributed by atoms with E-state index in [-0.39, 0.29) is 6.61 Å². The molecule has 0 bridgehead atoms. The third-order valence-corrected chi connectivity index (χ3v) is 2.29. The molecule has 6 nitrogen and oxygen atoms in total. The maximum Gasteiger partial charge on any atom is 0.397 e. The molecule has 1 aliphatic rings. The van der Waals surface area contributed by atoms with Crippen LogP contribution in [0.3, 0.4) is 0 Å². The maximum absolute atomic E-state index is 11.5. The summed E-state index contributed by atoms with van der Waals surface area (Å²) in [7, 11) is 0. The number of amides is 2. The molecule has 1 fully saturated rings. The predicted octanol–water partition coefficient (Wildman–Crippen LogP) is -0.974. The average Bonchev–Trinajstić information content (AvgIpc) is 2.65. The monoisotopic (exact) mass is 214 g/mol. The van der Waals surface area contributed by atoms with Gasteiger partial charge in [0.05, 0.1) is 6.61 Å². The van der Waals surface area contributed by atoms with E-state index in [0.717, 1.165) is 0 Å². The highest BCUT2D eigenvalue weighted by atomic mass is 16.5. The van der Waals surface area contributed by atoms with Gasteiger partial charge in [0.1, 0.15) is 6.04 Å². The first-order valence-electron chi connectivity index (χ1n) is 4.85. The van der Waals surface area contributed by atoms with Crippen molar-refractivity contribution in [3.63, 3.8) is 0 Å². The van der Waals surface area contributed by atoms with E-state index >= 15 is 0 Å². The first-order chi connectivity index (χ1) is 7.07. The average molecular weight is 214 g/mol. The Balaban J connectivity index is 2.66. The molecule has 0 radical (unpaired) electrons. The van der Waals surface area contributed by atoms with Gasteiger partial charge in [0, 0.05) is 6.54 Å². The van der Waals surface area contributed by atoms with Crippen LogP contribution in [0.25, 0.3) is 0 Å². The van der Waals surface area contributed by atoms with Gasteiger partial charge in [-0.2, -0.15) is 0 Å². The zero-order chi connectivity index (χ0) is 11.4. The minimum Gasteiger partial charge on any atom is -0.459 e. The standard InChI is InChI=1S/C9H14N2O4/c1-2-15-9(14)8(13)11-5-3-4-6(11)7(10)12/h6H,2-5H2,1H3,(H2,10,12). The summed E-state index contributed by atoms with van der Waals surface area (Å²) in [5, 5.41) is 0. The number of likely N-dealkylation sites (tertiary alicyclic amines) is 1. The molecule has 1 heterocycles. The van der Waals surface area contributed by atoms with E-state index < -0.39 is 23.8 Å². The lowest BCUT2D eigenvalue weighted by Gasteiger charge is -2.20. The second-order valence-corrected chi connectivity index (χ2v) is 3.28. The summed E-state index contributed by atoms with van der Waals surface area (Å²) in [6, 6.07) is -0.665. The molecule has 2 N–H and O–H groups in total. The van der Waals surface area contributed by atoms with Crippen LogP contribution in [0, 0.1) is 0 Å². The number of nitrogens with two attached hydrogens (primary N) is 1. The van der Waals surface area contributed by atoms with Crippen LogP contribution in [0.15, 0.2) is 0 Å². The van der Waals surface area contributed by atoms with Crippen LogP contribution in [0.4, 0.5) is 0 Å². The fraction of sp³-hybridized carbons (Fsp3) is 0.667. The van der Waals surface area contributed by atoms with Crippen molar-refractivity contribution in [3.8, 4) is 0 Å². The summed E-state index contributed by atoms with van der Waals surface area (Å²) in [6.07, 6.45) is 1.19. The van der Waals surface area contributed by atoms with E-state index in [1.54, 1.807) is 6.92 Å². The van der Waals surface area contributed by atoms with Gasteiger partial charge >= 0.3 is 11.9 Å². The Labute approximate surface area is 87.4 Å². The number of nitrogens with zero attached hydrogens (tertiary/aromatic N) is 1. The summed E-state index contributed by atoms with van der Waals surface area (Å²) < 4.78 is 4.56. The van der Waals surface area contributed by atoms with Gasteiger partial charge in [-0.05, 0) is 19.8 Å². The van der Waals surface area contributed by atoms with Gasteiger partial charge in [-0.3, -0.25) is 9.59 Å². The SMILES string of the molecule is CCOC(=O)C(=O)N1CCCC1C(N)=O. The van der Waals surface area contributed by atoms with Crippen LogP contribution >= 0.6 is 0 Å². The lowest BCUT2D eigenvalue weighted by molar-refractivity contribution is -0.160. The number of hydrogen-bond donors (Lipinski definition) is 1. The molecule has 0 aromatic carbocycles. The molecule has 2 amide bonds. The van der Waals surface area contributed by atoms with Gasteiger partial charge in [-0.15, -0.1) is 0 Å². The van der Waals surface area contributed by atoms with E-state index in [9.17, 15) is 14.4 Å². The van der Waals surface area contributed by atoms with Crippen molar-refractivity contribution >= 4 is 17.8 Å². The molecule has 1 atom stereocenters. The summed E-state index contributed by atoms with van der Waals surface area (Å²) in [6.45, 7) is 2.13. The maximum atomic E-state index is 11.5. The largest absolute Gasteiger partial charge is 0.459 e. The van der Waals surface area contributed by atoms with Crippen LogP contribution in [0.5, 0.6) is 0 Å². The van der Waals surface area contributed by atoms with Gasteiger partial charge in [0.15, 0.2) is 0 Å². The van der Waals surface area contributed by atoms with Crippen LogP contribution in [-0.2, 0) is 19.1 Å². The lowest BCUT2D eigenvalue weighted by Crippen LogP contribution is -2.46. The Morgan fingerprint density at radius 2 is 2.13 bits per heavy atom. The molecule has 0 spiro atoms. The molecule has 1 unspecified atom stereocenters. The van der Waals surface area contributed by atoms with E-state index in [1.807, 2.05) is 0 Å². The Bertz CT molecular complexity index is 290. The van der Waals surface area contributed by atoms with Crippen molar-refractivity contribution in [2.75, 3.05) is 13.2 Å². The van der Waals surface area contributed by atoms with E-state index in [1.165, 1.54) is 4.90 Å². The minimum absolute atomic E-state index is 0.139. The van der Waals surface area contributed by atoms with Gasteiger partial charge in [-0.1, -0.05) is 0 Å². The number of carbonyl (C=O) groups excluding carboxylic acids is 3. The van der Waals surface area contributed by atoms with Crippen molar-refractivity contribution in [1.82, 2.24) is 4.90 Å². The van der Waals surface area contributed by atoms with Crippen molar-refractivity contribution in [1.29, 1.82) is 0 Å². The number of rotatable bonds is 2. The Morgan fingerprint density at radius 1 is 1.47 bits per heavy atom. The molecule has 1 rings (SSSR count). The molecule has 1 aliphatic heterocycles. The summed E-state index contributed by atoms with van der Waals surface area (Å²) >= 11 is 0. The molecule has 15 heavy (non-hydrogen) atoms. The Kier molecular flexibility index (Phi) is 3.65. The quantitative estimate of drug-likeness (QED) is 0.473. The second kappa shape index (κ2) is 4.77. The van der Waals surface area contributed by atoms with Crippen LogP contribution in [0.2, 0.25) is 0 Å². The second-order valence-electron chi connectivity index (χ2n) is 3.28. The van der Waals surface area contributed by atoms with Crippen molar-refractivity contribution in [3.05, 3.63) is 0 Å². The molecule has 0 saturated carbocycles. The molecular formula is C9H14N2O4. The van der Waals surface area contributed by atoms with Gasteiger partial charge < -0.3 is 15.4 Å².